The van der Waals surface area contributed by atoms with Crippen LogP contribution in [0.5, 0.6) is 11.6 Å². The van der Waals surface area contributed by atoms with Crippen LogP contribution in [-0.4, -0.2) is 9.97 Å². The van der Waals surface area contributed by atoms with E-state index in [1.54, 1.807) is 18.6 Å². The summed E-state index contributed by atoms with van der Waals surface area (Å²) in [5.41, 5.74) is 1.06. The van der Waals surface area contributed by atoms with E-state index in [1.165, 1.54) is 0 Å². The predicted octanol–water partition coefficient (Wildman–Crippen LogP) is 3.34. The van der Waals surface area contributed by atoms with Crippen LogP contribution in [0.25, 0.3) is 0 Å². The Morgan fingerprint density at radius 1 is 1.27 bits per heavy atom. The smallest absolute Gasteiger partial charge is 0.237 e. The van der Waals surface area contributed by atoms with Crippen LogP contribution < -0.4 is 4.74 Å². The average Bonchev–Trinajstić information content (AvgIpc) is 2.25. The Labute approximate surface area is 96.3 Å². The van der Waals surface area contributed by atoms with Crippen molar-refractivity contribution in [2.75, 3.05) is 0 Å². The molecule has 1 heterocycles. The van der Waals surface area contributed by atoms with Crippen LogP contribution in [0.15, 0.2) is 41.3 Å². The Balaban J connectivity index is 2.28. The summed E-state index contributed by atoms with van der Waals surface area (Å²) in [7, 11) is 0. The van der Waals surface area contributed by atoms with Gasteiger partial charge in [-0.2, -0.15) is 0 Å². The van der Waals surface area contributed by atoms with Gasteiger partial charge in [0.1, 0.15) is 5.75 Å². The second-order valence-electron chi connectivity index (χ2n) is 3.06. The minimum Gasteiger partial charge on any atom is -0.437 e. The Hall–Kier alpha value is -1.42. The topological polar surface area (TPSA) is 35.0 Å². The van der Waals surface area contributed by atoms with E-state index in [9.17, 15) is 0 Å². The Bertz CT molecular complexity index is 459. The van der Waals surface area contributed by atoms with Crippen molar-refractivity contribution in [1.29, 1.82) is 0 Å². The van der Waals surface area contributed by atoms with Gasteiger partial charge in [-0.3, -0.25) is 4.98 Å². The number of benzene rings is 1. The number of nitrogens with zero attached hydrogens (tertiary/aromatic N) is 2. The molecule has 2 rings (SSSR count). The van der Waals surface area contributed by atoms with Crippen LogP contribution >= 0.6 is 15.9 Å². The first kappa shape index (κ1) is 10.1. The zero-order valence-corrected chi connectivity index (χ0v) is 9.73. The van der Waals surface area contributed by atoms with Gasteiger partial charge in [-0.25, -0.2) is 4.98 Å². The maximum atomic E-state index is 5.59. The highest BCUT2D eigenvalue weighted by Gasteiger charge is 2.02. The van der Waals surface area contributed by atoms with Crippen molar-refractivity contribution in [3.63, 3.8) is 0 Å². The first-order valence-electron chi connectivity index (χ1n) is 4.46. The predicted molar refractivity (Wildman–Crippen MR) is 61.0 cm³/mol. The third-order valence-electron chi connectivity index (χ3n) is 1.90. The minimum atomic E-state index is 0.499. The van der Waals surface area contributed by atoms with Gasteiger partial charge in [0.05, 0.1) is 6.20 Å². The van der Waals surface area contributed by atoms with Crippen LogP contribution in [-0.2, 0) is 0 Å². The van der Waals surface area contributed by atoms with Gasteiger partial charge in [-0.1, -0.05) is 22.0 Å². The number of aryl methyl sites for hydroxylation is 1. The van der Waals surface area contributed by atoms with Crippen molar-refractivity contribution in [3.05, 3.63) is 46.8 Å². The third kappa shape index (κ3) is 2.53. The molecule has 0 amide bonds. The molecule has 2 aromatic rings. The summed E-state index contributed by atoms with van der Waals surface area (Å²) in [5.74, 6) is 1.28. The van der Waals surface area contributed by atoms with Gasteiger partial charge in [0.15, 0.2) is 0 Å². The molecule has 1 aromatic heterocycles. The van der Waals surface area contributed by atoms with Crippen LogP contribution in [0.2, 0.25) is 0 Å². The molecule has 76 valence electrons. The minimum absolute atomic E-state index is 0.499. The van der Waals surface area contributed by atoms with Crippen molar-refractivity contribution in [2.24, 2.45) is 0 Å². The summed E-state index contributed by atoms with van der Waals surface area (Å²) in [4.78, 5) is 7.98. The van der Waals surface area contributed by atoms with Crippen LogP contribution in [0.1, 0.15) is 5.56 Å². The van der Waals surface area contributed by atoms with Gasteiger partial charge in [0.25, 0.3) is 0 Å². The molecule has 0 spiro atoms. The zero-order chi connectivity index (χ0) is 10.7. The molecule has 3 nitrogen and oxygen atoms in total. The van der Waals surface area contributed by atoms with Gasteiger partial charge < -0.3 is 4.74 Å². The lowest BCUT2D eigenvalue weighted by Gasteiger charge is -2.07. The second kappa shape index (κ2) is 4.40. The monoisotopic (exact) mass is 264 g/mol. The summed E-state index contributed by atoms with van der Waals surface area (Å²) in [6.45, 7) is 1.98. The molecule has 0 aliphatic heterocycles. The van der Waals surface area contributed by atoms with E-state index in [0.717, 1.165) is 15.8 Å². The molecule has 0 atom stereocenters. The first-order valence-corrected chi connectivity index (χ1v) is 5.25. The molecule has 0 saturated heterocycles. The van der Waals surface area contributed by atoms with E-state index in [2.05, 4.69) is 25.9 Å². The Morgan fingerprint density at radius 3 is 2.87 bits per heavy atom. The average molecular weight is 265 g/mol. The molecule has 0 aliphatic rings. The van der Waals surface area contributed by atoms with Gasteiger partial charge in [0, 0.05) is 16.9 Å². The quantitative estimate of drug-likeness (QED) is 0.835. The summed E-state index contributed by atoms with van der Waals surface area (Å²) in [5, 5.41) is 0. The van der Waals surface area contributed by atoms with Crippen molar-refractivity contribution in [1.82, 2.24) is 9.97 Å². The molecule has 15 heavy (non-hydrogen) atoms. The summed E-state index contributed by atoms with van der Waals surface area (Å²) in [6.07, 6.45) is 4.80. The molecule has 0 saturated carbocycles. The van der Waals surface area contributed by atoms with E-state index < -0.39 is 0 Å². The highest BCUT2D eigenvalue weighted by molar-refractivity contribution is 9.10. The van der Waals surface area contributed by atoms with Crippen molar-refractivity contribution in [2.45, 2.75) is 6.92 Å². The molecule has 0 radical (unpaired) electrons. The summed E-state index contributed by atoms with van der Waals surface area (Å²) < 4.78 is 6.57. The lowest BCUT2D eigenvalue weighted by Crippen LogP contribution is -1.90. The molecule has 0 fully saturated rings. The van der Waals surface area contributed by atoms with E-state index in [4.69, 9.17) is 4.74 Å². The van der Waals surface area contributed by atoms with Gasteiger partial charge in [-0.05, 0) is 24.6 Å². The molecular formula is C11H9BrN2O. The number of hydrogen-bond donors (Lipinski definition) is 0. The van der Waals surface area contributed by atoms with Gasteiger partial charge >= 0.3 is 0 Å². The van der Waals surface area contributed by atoms with Gasteiger partial charge in [-0.15, -0.1) is 0 Å². The van der Waals surface area contributed by atoms with Gasteiger partial charge in [0.2, 0.25) is 5.88 Å². The number of aromatic nitrogens is 2. The van der Waals surface area contributed by atoms with E-state index in [0.29, 0.717) is 5.88 Å². The standard InChI is InChI=1S/C11H9BrN2O/c1-8-2-3-9(12)6-10(8)15-11-7-13-4-5-14-11/h2-7H,1H3. The third-order valence-corrected chi connectivity index (χ3v) is 2.40. The van der Waals surface area contributed by atoms with Crippen LogP contribution in [0, 0.1) is 6.92 Å². The van der Waals surface area contributed by atoms with Crippen molar-refractivity contribution >= 4 is 15.9 Å². The number of halogens is 1. The first-order chi connectivity index (χ1) is 7.25. The number of rotatable bonds is 2. The van der Waals surface area contributed by atoms with Crippen molar-refractivity contribution < 1.29 is 4.74 Å². The number of hydrogen-bond acceptors (Lipinski definition) is 3. The highest BCUT2D eigenvalue weighted by atomic mass is 79.9. The molecule has 0 N–H and O–H groups in total. The molecule has 0 aliphatic carbocycles. The lowest BCUT2D eigenvalue weighted by molar-refractivity contribution is 0.456. The second-order valence-corrected chi connectivity index (χ2v) is 3.97. The Kier molecular flexibility index (Phi) is 2.97. The summed E-state index contributed by atoms with van der Waals surface area (Å²) in [6, 6.07) is 5.86. The summed E-state index contributed by atoms with van der Waals surface area (Å²) >= 11 is 3.39. The maximum Gasteiger partial charge on any atom is 0.237 e. The SMILES string of the molecule is Cc1ccc(Br)cc1Oc1cnccn1. The fourth-order valence-corrected chi connectivity index (χ4v) is 1.47. The van der Waals surface area contributed by atoms with E-state index in [1.807, 2.05) is 25.1 Å². The van der Waals surface area contributed by atoms with E-state index >= 15 is 0 Å². The highest BCUT2D eigenvalue weighted by Crippen LogP contribution is 2.26. The molecular weight excluding hydrogens is 256 g/mol. The van der Waals surface area contributed by atoms with E-state index in [-0.39, 0.29) is 0 Å². The fourth-order valence-electron chi connectivity index (χ4n) is 1.13. The van der Waals surface area contributed by atoms with Crippen molar-refractivity contribution in [3.8, 4) is 11.6 Å². The zero-order valence-electron chi connectivity index (χ0n) is 8.14. The number of ether oxygens (including phenoxy) is 1. The fraction of sp³-hybridized carbons (Fsp3) is 0.0909. The normalized spacial score (nSPS) is 10.0. The molecule has 4 heteroatoms. The largest absolute Gasteiger partial charge is 0.437 e. The molecule has 0 bridgehead atoms. The molecule has 0 unspecified atom stereocenters. The van der Waals surface area contributed by atoms with Crippen LogP contribution in [0.4, 0.5) is 0 Å². The maximum absolute atomic E-state index is 5.59. The Morgan fingerprint density at radius 2 is 2.13 bits per heavy atom. The molecule has 1 aromatic carbocycles. The van der Waals surface area contributed by atoms with Crippen LogP contribution in [0.3, 0.4) is 0 Å². The lowest BCUT2D eigenvalue weighted by atomic mass is 10.2.